The molecule has 110 valence electrons. The number of halogens is 1. The second-order valence-electron chi connectivity index (χ2n) is 4.41. The number of non-ortho nitro benzene ring substituents is 1. The van der Waals surface area contributed by atoms with Crippen molar-refractivity contribution in [2.24, 2.45) is 5.73 Å². The summed E-state index contributed by atoms with van der Waals surface area (Å²) in [6.07, 6.45) is 2.34. The highest BCUT2D eigenvalue weighted by atomic mass is 35.5. The summed E-state index contributed by atoms with van der Waals surface area (Å²) in [4.78, 5) is 14.3. The third-order valence-corrected chi connectivity index (χ3v) is 3.23. The maximum absolute atomic E-state index is 10.6. The van der Waals surface area contributed by atoms with Crippen molar-refractivity contribution in [1.29, 1.82) is 0 Å². The van der Waals surface area contributed by atoms with Crippen molar-refractivity contribution in [2.75, 3.05) is 0 Å². The Hall–Kier alpha value is -2.18. The summed E-state index contributed by atoms with van der Waals surface area (Å²) in [5, 5.41) is 10.8. The molecule has 1 unspecified atom stereocenters. The van der Waals surface area contributed by atoms with Gasteiger partial charge in [-0.1, -0.05) is 18.5 Å². The standard InChI is InChI=1S/C14H14ClN3O3/c1-2-12(16)13-5-4-10(8-17-13)21-14-6-3-9(18(19)20)7-11(14)15/h3-8,12H,2,16H2,1H3. The number of pyridine rings is 1. The number of benzene rings is 1. The number of nitro groups is 1. The fraction of sp³-hybridized carbons (Fsp3) is 0.214. The van der Waals surface area contributed by atoms with Crippen LogP contribution in [0.3, 0.4) is 0 Å². The van der Waals surface area contributed by atoms with Crippen molar-refractivity contribution < 1.29 is 9.66 Å². The van der Waals surface area contributed by atoms with Gasteiger partial charge in [-0.25, -0.2) is 0 Å². The van der Waals surface area contributed by atoms with Crippen LogP contribution >= 0.6 is 11.6 Å². The predicted molar refractivity (Wildman–Crippen MR) is 79.6 cm³/mol. The van der Waals surface area contributed by atoms with Crippen LogP contribution in [0.2, 0.25) is 5.02 Å². The third-order valence-electron chi connectivity index (χ3n) is 2.93. The van der Waals surface area contributed by atoms with E-state index in [0.717, 1.165) is 12.1 Å². The van der Waals surface area contributed by atoms with Crippen LogP contribution in [0.5, 0.6) is 11.5 Å². The van der Waals surface area contributed by atoms with E-state index in [-0.39, 0.29) is 16.8 Å². The second-order valence-corrected chi connectivity index (χ2v) is 4.81. The van der Waals surface area contributed by atoms with E-state index in [1.165, 1.54) is 18.2 Å². The van der Waals surface area contributed by atoms with E-state index >= 15 is 0 Å². The highest BCUT2D eigenvalue weighted by Gasteiger charge is 2.11. The molecule has 0 radical (unpaired) electrons. The molecule has 1 heterocycles. The minimum Gasteiger partial charge on any atom is -0.454 e. The number of nitrogens with zero attached hydrogens (tertiary/aromatic N) is 2. The van der Waals surface area contributed by atoms with E-state index in [1.807, 2.05) is 6.92 Å². The van der Waals surface area contributed by atoms with Crippen LogP contribution in [0.4, 0.5) is 5.69 Å². The number of nitro benzene ring substituents is 1. The zero-order chi connectivity index (χ0) is 15.4. The molecular formula is C14H14ClN3O3. The maximum Gasteiger partial charge on any atom is 0.271 e. The zero-order valence-electron chi connectivity index (χ0n) is 11.3. The Morgan fingerprint density at radius 1 is 1.43 bits per heavy atom. The Labute approximate surface area is 126 Å². The first-order valence-electron chi connectivity index (χ1n) is 6.34. The fourth-order valence-corrected chi connectivity index (χ4v) is 1.91. The quantitative estimate of drug-likeness (QED) is 0.669. The summed E-state index contributed by atoms with van der Waals surface area (Å²) in [5.41, 5.74) is 6.57. The van der Waals surface area contributed by atoms with Crippen LogP contribution in [0.1, 0.15) is 25.1 Å². The summed E-state index contributed by atoms with van der Waals surface area (Å²) in [6, 6.07) is 7.42. The third kappa shape index (κ3) is 3.68. The first-order chi connectivity index (χ1) is 10.0. The van der Waals surface area contributed by atoms with E-state index in [1.54, 1.807) is 18.3 Å². The van der Waals surface area contributed by atoms with Gasteiger partial charge in [0.1, 0.15) is 11.5 Å². The number of nitrogens with two attached hydrogens (primary N) is 1. The molecule has 1 aromatic carbocycles. The van der Waals surface area contributed by atoms with Gasteiger partial charge in [-0.2, -0.15) is 0 Å². The minimum atomic E-state index is -0.516. The lowest BCUT2D eigenvalue weighted by molar-refractivity contribution is -0.384. The minimum absolute atomic E-state index is 0.0882. The number of hydrogen-bond donors (Lipinski definition) is 1. The summed E-state index contributed by atoms with van der Waals surface area (Å²) >= 11 is 5.96. The van der Waals surface area contributed by atoms with Crippen LogP contribution < -0.4 is 10.5 Å². The zero-order valence-corrected chi connectivity index (χ0v) is 12.1. The predicted octanol–water partition coefficient (Wildman–Crippen LogP) is 3.85. The lowest BCUT2D eigenvalue weighted by Crippen LogP contribution is -2.10. The molecule has 0 saturated heterocycles. The monoisotopic (exact) mass is 307 g/mol. The Bertz CT molecular complexity index is 646. The molecule has 1 atom stereocenters. The topological polar surface area (TPSA) is 91.3 Å². The smallest absolute Gasteiger partial charge is 0.271 e. The number of hydrogen-bond acceptors (Lipinski definition) is 5. The van der Waals surface area contributed by atoms with Crippen LogP contribution in [0, 0.1) is 10.1 Å². The molecule has 21 heavy (non-hydrogen) atoms. The van der Waals surface area contributed by atoms with Gasteiger partial charge in [0, 0.05) is 18.2 Å². The molecule has 6 nitrogen and oxygen atoms in total. The Kier molecular flexibility index (Phi) is 4.72. The first kappa shape index (κ1) is 15.2. The molecule has 0 aliphatic rings. The number of ether oxygens (including phenoxy) is 1. The molecule has 0 bridgehead atoms. The van der Waals surface area contributed by atoms with E-state index in [2.05, 4.69) is 4.98 Å². The molecule has 0 spiro atoms. The van der Waals surface area contributed by atoms with Crippen molar-refractivity contribution >= 4 is 17.3 Å². The first-order valence-corrected chi connectivity index (χ1v) is 6.72. The Balaban J connectivity index is 2.16. The van der Waals surface area contributed by atoms with Gasteiger partial charge in [-0.3, -0.25) is 15.1 Å². The normalized spacial score (nSPS) is 12.0. The van der Waals surface area contributed by atoms with Gasteiger partial charge in [-0.05, 0) is 24.6 Å². The van der Waals surface area contributed by atoms with Gasteiger partial charge in [0.2, 0.25) is 0 Å². The van der Waals surface area contributed by atoms with Crippen molar-refractivity contribution in [3.05, 3.63) is 57.4 Å². The van der Waals surface area contributed by atoms with E-state index in [0.29, 0.717) is 11.5 Å². The maximum atomic E-state index is 10.6. The summed E-state index contributed by atoms with van der Waals surface area (Å²) in [7, 11) is 0. The summed E-state index contributed by atoms with van der Waals surface area (Å²) in [6.45, 7) is 1.98. The summed E-state index contributed by atoms with van der Waals surface area (Å²) in [5.74, 6) is 0.814. The lowest BCUT2D eigenvalue weighted by Gasteiger charge is -2.10. The molecule has 2 rings (SSSR count). The molecule has 2 N–H and O–H groups in total. The van der Waals surface area contributed by atoms with Gasteiger partial charge in [0.15, 0.2) is 0 Å². The van der Waals surface area contributed by atoms with Crippen LogP contribution in [-0.2, 0) is 0 Å². The van der Waals surface area contributed by atoms with Gasteiger partial charge in [0.25, 0.3) is 5.69 Å². The van der Waals surface area contributed by atoms with Crippen molar-refractivity contribution in [3.63, 3.8) is 0 Å². The summed E-state index contributed by atoms with van der Waals surface area (Å²) < 4.78 is 5.55. The van der Waals surface area contributed by atoms with Crippen LogP contribution in [0.25, 0.3) is 0 Å². The van der Waals surface area contributed by atoms with Gasteiger partial charge in [0.05, 0.1) is 21.8 Å². The lowest BCUT2D eigenvalue weighted by atomic mass is 10.1. The fourth-order valence-electron chi connectivity index (χ4n) is 1.69. The second kappa shape index (κ2) is 6.51. The molecule has 0 saturated carbocycles. The van der Waals surface area contributed by atoms with Crippen LogP contribution in [-0.4, -0.2) is 9.91 Å². The average Bonchev–Trinajstić information content (AvgIpc) is 2.49. The number of rotatable bonds is 5. The van der Waals surface area contributed by atoms with Crippen molar-refractivity contribution in [3.8, 4) is 11.5 Å². The molecular weight excluding hydrogens is 294 g/mol. The molecule has 1 aromatic heterocycles. The molecule has 0 fully saturated rings. The Morgan fingerprint density at radius 3 is 2.71 bits per heavy atom. The number of aromatic nitrogens is 1. The molecule has 0 aliphatic carbocycles. The van der Waals surface area contributed by atoms with Crippen molar-refractivity contribution in [2.45, 2.75) is 19.4 Å². The molecule has 2 aromatic rings. The SMILES string of the molecule is CCC(N)c1ccc(Oc2ccc([N+](=O)[O-])cc2Cl)cn1. The average molecular weight is 308 g/mol. The molecule has 0 amide bonds. The van der Waals surface area contributed by atoms with E-state index in [9.17, 15) is 10.1 Å². The largest absolute Gasteiger partial charge is 0.454 e. The van der Waals surface area contributed by atoms with E-state index in [4.69, 9.17) is 22.1 Å². The van der Waals surface area contributed by atoms with Crippen molar-refractivity contribution in [1.82, 2.24) is 4.98 Å². The van der Waals surface area contributed by atoms with Crippen LogP contribution in [0.15, 0.2) is 36.5 Å². The van der Waals surface area contributed by atoms with Gasteiger partial charge in [-0.15, -0.1) is 0 Å². The van der Waals surface area contributed by atoms with Gasteiger partial charge < -0.3 is 10.5 Å². The highest BCUT2D eigenvalue weighted by molar-refractivity contribution is 6.32. The van der Waals surface area contributed by atoms with Gasteiger partial charge >= 0.3 is 0 Å². The highest BCUT2D eigenvalue weighted by Crippen LogP contribution is 2.32. The molecule has 0 aliphatic heterocycles. The van der Waals surface area contributed by atoms with E-state index < -0.39 is 4.92 Å². The Morgan fingerprint density at radius 2 is 2.19 bits per heavy atom. The molecule has 7 heteroatoms.